The number of urea groups is 1. The molecule has 8 nitrogen and oxygen atoms in total. The van der Waals surface area contributed by atoms with Crippen LogP contribution in [0.5, 0.6) is 0 Å². The first-order valence-corrected chi connectivity index (χ1v) is 8.33. The average molecular weight is 385 g/mol. The summed E-state index contributed by atoms with van der Waals surface area (Å²) in [6, 6.07) is 0.830. The standard InChI is InChI=1S/C12H13BrN6O2S/c1-18-8-7(9(20)17-12(18)21)19(10(13)16-8)5-6-22-11-14-3-2-4-15-11/h2-4,7-8H,5-6H2,1H3,(H,17,20,21). The molecule has 2 atom stereocenters. The van der Waals surface area contributed by atoms with Crippen LogP contribution in [0.4, 0.5) is 4.79 Å². The fourth-order valence-corrected chi connectivity index (χ4v) is 3.67. The lowest BCUT2D eigenvalue weighted by Gasteiger charge is -2.35. The number of amidine groups is 1. The Balaban J connectivity index is 1.65. The minimum absolute atomic E-state index is 0.327. The van der Waals surface area contributed by atoms with E-state index in [0.29, 0.717) is 22.2 Å². The second kappa shape index (κ2) is 6.21. The number of amides is 3. The molecule has 1 N–H and O–H groups in total. The van der Waals surface area contributed by atoms with E-state index < -0.39 is 18.2 Å². The van der Waals surface area contributed by atoms with Gasteiger partial charge in [-0.05, 0) is 22.0 Å². The molecule has 3 rings (SSSR count). The molecular formula is C12H13BrN6O2S. The van der Waals surface area contributed by atoms with Gasteiger partial charge in [-0.25, -0.2) is 19.8 Å². The Morgan fingerprint density at radius 1 is 1.36 bits per heavy atom. The van der Waals surface area contributed by atoms with Crippen molar-refractivity contribution in [2.75, 3.05) is 19.3 Å². The maximum atomic E-state index is 12.1. The maximum absolute atomic E-state index is 12.1. The van der Waals surface area contributed by atoms with Crippen molar-refractivity contribution >= 4 is 44.4 Å². The number of halogens is 1. The highest BCUT2D eigenvalue weighted by atomic mass is 79.9. The normalized spacial score (nSPS) is 24.2. The molecule has 0 bridgehead atoms. The first-order chi connectivity index (χ1) is 10.6. The number of aliphatic imine (C=N–C) groups is 1. The molecular weight excluding hydrogens is 372 g/mol. The monoisotopic (exact) mass is 384 g/mol. The van der Waals surface area contributed by atoms with Gasteiger partial charge in [0.05, 0.1) is 0 Å². The van der Waals surface area contributed by atoms with Crippen molar-refractivity contribution in [3.63, 3.8) is 0 Å². The highest BCUT2D eigenvalue weighted by Crippen LogP contribution is 2.26. The van der Waals surface area contributed by atoms with Crippen molar-refractivity contribution < 1.29 is 9.59 Å². The molecule has 2 unspecified atom stereocenters. The van der Waals surface area contributed by atoms with Gasteiger partial charge in [-0.15, -0.1) is 0 Å². The van der Waals surface area contributed by atoms with Gasteiger partial charge in [0.1, 0.15) is 0 Å². The highest BCUT2D eigenvalue weighted by molar-refractivity contribution is 9.18. The number of nitrogens with one attached hydrogen (secondary N) is 1. The molecule has 1 aromatic heterocycles. The first-order valence-electron chi connectivity index (χ1n) is 6.55. The van der Waals surface area contributed by atoms with E-state index in [-0.39, 0.29) is 5.91 Å². The van der Waals surface area contributed by atoms with E-state index in [1.807, 2.05) is 4.90 Å². The first kappa shape index (κ1) is 15.2. The second-order valence-corrected chi connectivity index (χ2v) is 6.51. The molecule has 0 radical (unpaired) electrons. The van der Waals surface area contributed by atoms with Crippen LogP contribution in [0.3, 0.4) is 0 Å². The quantitative estimate of drug-likeness (QED) is 0.462. The van der Waals surface area contributed by atoms with Crippen LogP contribution in [0.2, 0.25) is 0 Å². The van der Waals surface area contributed by atoms with E-state index in [0.717, 1.165) is 0 Å². The van der Waals surface area contributed by atoms with Gasteiger partial charge >= 0.3 is 6.03 Å². The Morgan fingerprint density at radius 2 is 2.09 bits per heavy atom. The minimum atomic E-state index is -0.505. The third-order valence-corrected chi connectivity index (χ3v) is 4.93. The van der Waals surface area contributed by atoms with Crippen molar-refractivity contribution in [3.05, 3.63) is 18.5 Å². The zero-order valence-electron chi connectivity index (χ0n) is 11.6. The number of carbonyl (C=O) groups is 2. The summed E-state index contributed by atoms with van der Waals surface area (Å²) < 4.78 is 0.578. The fraction of sp³-hybridized carbons (Fsp3) is 0.417. The summed E-state index contributed by atoms with van der Waals surface area (Å²) in [4.78, 5) is 39.6. The lowest BCUT2D eigenvalue weighted by Crippen LogP contribution is -2.63. The third kappa shape index (κ3) is 2.80. The minimum Gasteiger partial charge on any atom is -0.334 e. The molecule has 0 aromatic carbocycles. The largest absolute Gasteiger partial charge is 0.334 e. The summed E-state index contributed by atoms with van der Waals surface area (Å²) in [5.41, 5.74) is 0. The molecule has 0 aliphatic carbocycles. The molecule has 2 aliphatic rings. The molecule has 3 heterocycles. The van der Waals surface area contributed by atoms with Crippen LogP contribution in [0.25, 0.3) is 0 Å². The predicted molar refractivity (Wildman–Crippen MR) is 84.7 cm³/mol. The Hall–Kier alpha value is -1.68. The number of nitrogens with zero attached hydrogens (tertiary/aromatic N) is 5. The maximum Gasteiger partial charge on any atom is 0.325 e. The van der Waals surface area contributed by atoms with E-state index in [2.05, 4.69) is 36.2 Å². The summed E-state index contributed by atoms with van der Waals surface area (Å²) in [6.07, 6.45) is 2.88. The molecule has 0 saturated carbocycles. The van der Waals surface area contributed by atoms with Crippen molar-refractivity contribution in [1.29, 1.82) is 0 Å². The van der Waals surface area contributed by atoms with Crippen LogP contribution in [0.15, 0.2) is 28.6 Å². The Kier molecular flexibility index (Phi) is 4.30. The highest BCUT2D eigenvalue weighted by Gasteiger charge is 2.47. The number of aromatic nitrogens is 2. The van der Waals surface area contributed by atoms with Crippen LogP contribution in [-0.2, 0) is 4.79 Å². The topological polar surface area (TPSA) is 90.8 Å². The van der Waals surface area contributed by atoms with Gasteiger partial charge in [-0.2, -0.15) is 0 Å². The Labute approximate surface area is 139 Å². The molecule has 10 heteroatoms. The molecule has 0 spiro atoms. The van der Waals surface area contributed by atoms with Crippen LogP contribution in [0, 0.1) is 0 Å². The number of hydrogen-bond acceptors (Lipinski definition) is 7. The summed E-state index contributed by atoms with van der Waals surface area (Å²) in [5.74, 6) is 0.371. The number of fused-ring (bicyclic) bond motifs is 1. The molecule has 1 saturated heterocycles. The van der Waals surface area contributed by atoms with Crippen molar-refractivity contribution in [1.82, 2.24) is 25.1 Å². The van der Waals surface area contributed by atoms with Crippen LogP contribution in [0.1, 0.15) is 0 Å². The molecule has 116 valence electrons. The molecule has 1 aromatic rings. The van der Waals surface area contributed by atoms with Gasteiger partial charge in [-0.3, -0.25) is 10.1 Å². The van der Waals surface area contributed by atoms with Crippen molar-refractivity contribution in [2.45, 2.75) is 17.4 Å². The van der Waals surface area contributed by atoms with Crippen LogP contribution >= 0.6 is 27.7 Å². The molecule has 22 heavy (non-hydrogen) atoms. The summed E-state index contributed by atoms with van der Waals surface area (Å²) >= 11 is 4.87. The Morgan fingerprint density at radius 3 is 2.82 bits per heavy atom. The van der Waals surface area contributed by atoms with Crippen molar-refractivity contribution in [2.24, 2.45) is 4.99 Å². The summed E-state index contributed by atoms with van der Waals surface area (Å²) in [6.45, 7) is 0.587. The molecule has 3 amide bonds. The number of likely N-dealkylation sites (N-methyl/N-ethyl adjacent to an activating group) is 1. The van der Waals surface area contributed by atoms with Gasteiger partial charge in [-0.1, -0.05) is 11.8 Å². The van der Waals surface area contributed by atoms with Gasteiger partial charge in [0.15, 0.2) is 22.1 Å². The molecule has 2 aliphatic heterocycles. The van der Waals surface area contributed by atoms with Gasteiger partial charge in [0, 0.05) is 31.7 Å². The zero-order chi connectivity index (χ0) is 15.7. The van der Waals surface area contributed by atoms with Gasteiger partial charge in [0.2, 0.25) is 0 Å². The van der Waals surface area contributed by atoms with E-state index in [4.69, 9.17) is 0 Å². The lowest BCUT2D eigenvalue weighted by molar-refractivity contribution is -0.126. The number of thioether (sulfide) groups is 1. The average Bonchev–Trinajstić information content (AvgIpc) is 2.84. The number of carbonyl (C=O) groups excluding carboxylic acids is 2. The lowest BCUT2D eigenvalue weighted by atomic mass is 10.1. The van der Waals surface area contributed by atoms with Gasteiger partial charge in [0.25, 0.3) is 5.91 Å². The van der Waals surface area contributed by atoms with Crippen LogP contribution < -0.4 is 5.32 Å². The summed E-state index contributed by atoms with van der Waals surface area (Å²) in [7, 11) is 1.62. The zero-order valence-corrected chi connectivity index (χ0v) is 14.0. The number of rotatable bonds is 4. The predicted octanol–water partition coefficient (Wildman–Crippen LogP) is 0.511. The fourth-order valence-electron chi connectivity index (χ4n) is 2.32. The SMILES string of the molecule is CN1C(=O)NC(=O)C2C1N=C(Br)N2CCSc1ncccn1. The van der Waals surface area contributed by atoms with E-state index in [1.54, 1.807) is 25.5 Å². The Bertz CT molecular complexity index is 627. The van der Waals surface area contributed by atoms with E-state index in [1.165, 1.54) is 16.7 Å². The third-order valence-electron chi connectivity index (χ3n) is 3.42. The van der Waals surface area contributed by atoms with E-state index in [9.17, 15) is 9.59 Å². The smallest absolute Gasteiger partial charge is 0.325 e. The molecule has 1 fully saturated rings. The van der Waals surface area contributed by atoms with Crippen LogP contribution in [-0.4, -0.2) is 68.0 Å². The number of hydrogen-bond donors (Lipinski definition) is 1. The van der Waals surface area contributed by atoms with E-state index >= 15 is 0 Å². The van der Waals surface area contributed by atoms with Crippen molar-refractivity contribution in [3.8, 4) is 0 Å². The summed E-state index contributed by atoms with van der Waals surface area (Å²) in [5, 5.41) is 3.03. The number of imide groups is 1. The van der Waals surface area contributed by atoms with Gasteiger partial charge < -0.3 is 9.80 Å². The second-order valence-electron chi connectivity index (χ2n) is 4.74.